The minimum Gasteiger partial charge on any atom is -0.477 e. The SMILES string of the molecule is CCn1cccc1C(O)C(F)(F)C(=O)O. The molecular formula is C9H11F2NO3. The number of aromatic nitrogens is 1. The molecule has 0 fully saturated rings. The van der Waals surface area contributed by atoms with Crippen LogP contribution in [-0.2, 0) is 11.3 Å². The second-order valence-corrected chi connectivity index (χ2v) is 3.05. The topological polar surface area (TPSA) is 62.5 Å². The standard InChI is InChI=1S/C9H11F2NO3/c1-2-12-5-3-4-6(12)7(13)9(10,11)8(14)15/h3-5,7,13H,2H2,1H3,(H,14,15). The third-order valence-electron chi connectivity index (χ3n) is 2.11. The molecule has 0 bridgehead atoms. The largest absolute Gasteiger partial charge is 0.477 e. The average molecular weight is 219 g/mol. The number of carboxylic acids is 1. The van der Waals surface area contributed by atoms with E-state index in [-0.39, 0.29) is 5.69 Å². The molecule has 0 amide bonds. The van der Waals surface area contributed by atoms with Gasteiger partial charge < -0.3 is 14.8 Å². The number of carbonyl (C=O) groups is 1. The van der Waals surface area contributed by atoms with Crippen LogP contribution >= 0.6 is 0 Å². The predicted octanol–water partition coefficient (Wildman–Crippen LogP) is 1.26. The summed E-state index contributed by atoms with van der Waals surface area (Å²) in [6.45, 7) is 2.09. The first kappa shape index (κ1) is 11.6. The fraction of sp³-hybridized carbons (Fsp3) is 0.444. The molecule has 15 heavy (non-hydrogen) atoms. The number of carboxylic acid groups (broad SMARTS) is 1. The molecule has 6 heteroatoms. The zero-order valence-electron chi connectivity index (χ0n) is 8.02. The lowest BCUT2D eigenvalue weighted by Gasteiger charge is -2.19. The highest BCUT2D eigenvalue weighted by molar-refractivity contribution is 5.76. The van der Waals surface area contributed by atoms with Crippen LogP contribution < -0.4 is 0 Å². The quantitative estimate of drug-likeness (QED) is 0.801. The fourth-order valence-electron chi connectivity index (χ4n) is 1.27. The maximum atomic E-state index is 13.0. The number of aliphatic hydroxyl groups excluding tert-OH is 1. The van der Waals surface area contributed by atoms with Crippen molar-refractivity contribution < 1.29 is 23.8 Å². The number of aliphatic hydroxyl groups is 1. The van der Waals surface area contributed by atoms with Crippen LogP contribution in [-0.4, -0.2) is 26.7 Å². The highest BCUT2D eigenvalue weighted by atomic mass is 19.3. The number of alkyl halides is 2. The number of aliphatic carboxylic acids is 1. The molecule has 1 aromatic heterocycles. The maximum Gasteiger partial charge on any atom is 0.377 e. The van der Waals surface area contributed by atoms with E-state index < -0.39 is 18.0 Å². The molecule has 2 N–H and O–H groups in total. The third-order valence-corrected chi connectivity index (χ3v) is 2.11. The van der Waals surface area contributed by atoms with E-state index in [0.29, 0.717) is 6.54 Å². The first-order valence-corrected chi connectivity index (χ1v) is 4.35. The zero-order chi connectivity index (χ0) is 11.6. The normalized spacial score (nSPS) is 13.9. The molecular weight excluding hydrogens is 208 g/mol. The van der Waals surface area contributed by atoms with Gasteiger partial charge in [0, 0.05) is 12.7 Å². The smallest absolute Gasteiger partial charge is 0.377 e. The van der Waals surface area contributed by atoms with Gasteiger partial charge in [0.05, 0.1) is 5.69 Å². The number of hydrogen-bond acceptors (Lipinski definition) is 2. The minimum absolute atomic E-state index is 0.107. The molecule has 4 nitrogen and oxygen atoms in total. The summed E-state index contributed by atoms with van der Waals surface area (Å²) in [4.78, 5) is 10.2. The molecule has 0 radical (unpaired) electrons. The molecule has 1 heterocycles. The summed E-state index contributed by atoms with van der Waals surface area (Å²) in [6.07, 6.45) is -0.832. The van der Waals surface area contributed by atoms with E-state index >= 15 is 0 Å². The summed E-state index contributed by atoms with van der Waals surface area (Å²) in [7, 11) is 0. The Bertz CT molecular complexity index is 362. The molecule has 0 saturated heterocycles. The second kappa shape index (κ2) is 3.98. The van der Waals surface area contributed by atoms with Crippen LogP contribution in [0, 0.1) is 0 Å². The van der Waals surface area contributed by atoms with Gasteiger partial charge in [0.2, 0.25) is 0 Å². The van der Waals surface area contributed by atoms with Crippen molar-refractivity contribution in [3.63, 3.8) is 0 Å². The molecule has 0 saturated carbocycles. The van der Waals surface area contributed by atoms with Crippen LogP contribution in [0.1, 0.15) is 18.7 Å². The van der Waals surface area contributed by atoms with E-state index in [4.69, 9.17) is 5.11 Å². The van der Waals surface area contributed by atoms with Crippen molar-refractivity contribution in [2.24, 2.45) is 0 Å². The maximum absolute atomic E-state index is 13.0. The van der Waals surface area contributed by atoms with Crippen molar-refractivity contribution >= 4 is 5.97 Å². The lowest BCUT2D eigenvalue weighted by atomic mass is 10.1. The third kappa shape index (κ3) is 1.99. The number of nitrogens with zero attached hydrogens (tertiary/aromatic N) is 1. The van der Waals surface area contributed by atoms with Crippen molar-refractivity contribution in [2.45, 2.75) is 25.5 Å². The first-order valence-electron chi connectivity index (χ1n) is 4.35. The van der Waals surface area contributed by atoms with E-state index in [1.54, 1.807) is 6.92 Å². The Morgan fingerprint density at radius 1 is 1.67 bits per heavy atom. The van der Waals surface area contributed by atoms with E-state index in [0.717, 1.165) is 0 Å². The summed E-state index contributed by atoms with van der Waals surface area (Å²) >= 11 is 0. The van der Waals surface area contributed by atoms with E-state index in [1.165, 1.54) is 22.9 Å². The molecule has 0 aliphatic carbocycles. The number of halogens is 2. The van der Waals surface area contributed by atoms with Crippen molar-refractivity contribution in [1.29, 1.82) is 0 Å². The van der Waals surface area contributed by atoms with Gasteiger partial charge in [0.1, 0.15) is 0 Å². The molecule has 1 unspecified atom stereocenters. The van der Waals surface area contributed by atoms with Crippen molar-refractivity contribution in [3.05, 3.63) is 24.0 Å². The molecule has 1 atom stereocenters. The Balaban J connectivity index is 3.03. The number of rotatable bonds is 4. The molecule has 0 aromatic carbocycles. The average Bonchev–Trinajstić information content (AvgIpc) is 2.63. The van der Waals surface area contributed by atoms with E-state index in [2.05, 4.69) is 0 Å². The summed E-state index contributed by atoms with van der Waals surface area (Å²) in [6, 6.07) is 2.74. The summed E-state index contributed by atoms with van der Waals surface area (Å²) < 4.78 is 27.3. The lowest BCUT2D eigenvalue weighted by Crippen LogP contribution is -2.36. The van der Waals surface area contributed by atoms with Crippen LogP contribution in [0.3, 0.4) is 0 Å². The van der Waals surface area contributed by atoms with E-state index in [1.807, 2.05) is 0 Å². The molecule has 0 spiro atoms. The van der Waals surface area contributed by atoms with Gasteiger partial charge in [-0.2, -0.15) is 8.78 Å². The van der Waals surface area contributed by atoms with Gasteiger partial charge in [-0.1, -0.05) is 0 Å². The van der Waals surface area contributed by atoms with Crippen molar-refractivity contribution in [3.8, 4) is 0 Å². The summed E-state index contributed by atoms with van der Waals surface area (Å²) in [5.41, 5.74) is -0.107. The first-order chi connectivity index (χ1) is 6.91. The summed E-state index contributed by atoms with van der Waals surface area (Å²) in [5.74, 6) is -6.51. The lowest BCUT2D eigenvalue weighted by molar-refractivity contribution is -0.183. The molecule has 0 aliphatic heterocycles. The Kier molecular flexibility index (Phi) is 3.09. The predicted molar refractivity (Wildman–Crippen MR) is 47.6 cm³/mol. The summed E-state index contributed by atoms with van der Waals surface area (Å²) in [5, 5.41) is 17.5. The zero-order valence-corrected chi connectivity index (χ0v) is 8.02. The highest BCUT2D eigenvalue weighted by Gasteiger charge is 2.48. The number of hydrogen-bond donors (Lipinski definition) is 2. The van der Waals surface area contributed by atoms with Gasteiger partial charge in [0.25, 0.3) is 0 Å². The van der Waals surface area contributed by atoms with Crippen LogP contribution in [0.5, 0.6) is 0 Å². The van der Waals surface area contributed by atoms with Crippen LogP contribution in [0.25, 0.3) is 0 Å². The van der Waals surface area contributed by atoms with Gasteiger partial charge >= 0.3 is 11.9 Å². The Hall–Kier alpha value is -1.43. The molecule has 1 rings (SSSR count). The highest BCUT2D eigenvalue weighted by Crippen LogP contribution is 2.31. The Morgan fingerprint density at radius 3 is 2.73 bits per heavy atom. The molecule has 1 aromatic rings. The van der Waals surface area contributed by atoms with Crippen LogP contribution in [0.2, 0.25) is 0 Å². The molecule has 0 aliphatic rings. The number of aryl methyl sites for hydroxylation is 1. The monoisotopic (exact) mass is 219 g/mol. The Labute approximate surface area is 84.8 Å². The van der Waals surface area contributed by atoms with E-state index in [9.17, 15) is 18.7 Å². The van der Waals surface area contributed by atoms with Gasteiger partial charge in [0.15, 0.2) is 6.10 Å². The van der Waals surface area contributed by atoms with Gasteiger partial charge in [-0.05, 0) is 19.1 Å². The molecule has 84 valence electrons. The van der Waals surface area contributed by atoms with Gasteiger partial charge in [-0.3, -0.25) is 0 Å². The van der Waals surface area contributed by atoms with Crippen LogP contribution in [0.15, 0.2) is 18.3 Å². The van der Waals surface area contributed by atoms with Gasteiger partial charge in [-0.25, -0.2) is 4.79 Å². The fourth-order valence-corrected chi connectivity index (χ4v) is 1.27. The Morgan fingerprint density at radius 2 is 2.27 bits per heavy atom. The van der Waals surface area contributed by atoms with Crippen LogP contribution in [0.4, 0.5) is 8.78 Å². The van der Waals surface area contributed by atoms with Crippen molar-refractivity contribution in [2.75, 3.05) is 0 Å². The minimum atomic E-state index is -4.18. The van der Waals surface area contributed by atoms with Gasteiger partial charge in [-0.15, -0.1) is 0 Å². The second-order valence-electron chi connectivity index (χ2n) is 3.05. The van der Waals surface area contributed by atoms with Crippen molar-refractivity contribution in [1.82, 2.24) is 4.57 Å².